The van der Waals surface area contributed by atoms with Crippen LogP contribution in [-0.4, -0.2) is 32.8 Å². The van der Waals surface area contributed by atoms with E-state index in [-0.39, 0.29) is 23.8 Å². The van der Waals surface area contributed by atoms with Crippen LogP contribution in [0.4, 0.5) is 0 Å². The monoisotopic (exact) mass is 506 g/mol. The van der Waals surface area contributed by atoms with E-state index < -0.39 is 16.1 Å². The Morgan fingerprint density at radius 2 is 1.70 bits per heavy atom. The van der Waals surface area contributed by atoms with Gasteiger partial charge in [0.2, 0.25) is 15.9 Å². The number of hydrogen-bond donors (Lipinski definition) is 1. The van der Waals surface area contributed by atoms with Gasteiger partial charge in [0.05, 0.1) is 18.0 Å². The minimum atomic E-state index is -3.84. The summed E-state index contributed by atoms with van der Waals surface area (Å²) in [5.74, 6) is 0.310. The van der Waals surface area contributed by atoms with Crippen molar-refractivity contribution in [3.05, 3.63) is 94.0 Å². The first-order chi connectivity index (χ1) is 15.7. The molecule has 9 heteroatoms. The van der Waals surface area contributed by atoms with Crippen molar-refractivity contribution in [1.82, 2.24) is 9.62 Å². The molecule has 1 atom stereocenters. The fourth-order valence-electron chi connectivity index (χ4n) is 3.32. The van der Waals surface area contributed by atoms with Crippen LogP contribution in [0.25, 0.3) is 0 Å². The average Bonchev–Trinajstić information content (AvgIpc) is 2.82. The van der Waals surface area contributed by atoms with Crippen LogP contribution >= 0.6 is 23.2 Å². The molecule has 3 rings (SSSR count). The zero-order chi connectivity index (χ0) is 24.0. The number of benzene rings is 3. The molecule has 0 fully saturated rings. The SMILES string of the molecule is COc1ccc([C@@H](CC(=O)NCc2ccc(Cl)cc2Cl)N(C)S(=O)(=O)c2ccccc2)cc1. The largest absolute Gasteiger partial charge is 0.497 e. The lowest BCUT2D eigenvalue weighted by Crippen LogP contribution is -2.35. The van der Waals surface area contributed by atoms with Crippen LogP contribution < -0.4 is 10.1 Å². The number of hydrogen-bond acceptors (Lipinski definition) is 4. The molecular formula is C24H24Cl2N2O4S. The number of carbonyl (C=O) groups is 1. The highest BCUT2D eigenvalue weighted by molar-refractivity contribution is 7.89. The molecule has 0 aromatic heterocycles. The number of nitrogens with one attached hydrogen (secondary N) is 1. The van der Waals surface area contributed by atoms with Crippen LogP contribution in [0.1, 0.15) is 23.6 Å². The van der Waals surface area contributed by atoms with Crippen molar-refractivity contribution in [1.29, 1.82) is 0 Å². The number of carbonyl (C=O) groups excluding carboxylic acids is 1. The highest BCUT2D eigenvalue weighted by Crippen LogP contribution is 2.30. The second kappa shape index (κ2) is 11.0. The maximum absolute atomic E-state index is 13.2. The molecule has 0 heterocycles. The van der Waals surface area contributed by atoms with Crippen LogP contribution in [0.3, 0.4) is 0 Å². The minimum absolute atomic E-state index is 0.0832. The lowest BCUT2D eigenvalue weighted by molar-refractivity contribution is -0.122. The van der Waals surface area contributed by atoms with E-state index in [0.717, 1.165) is 0 Å². The number of amides is 1. The molecule has 0 bridgehead atoms. The number of nitrogens with zero attached hydrogens (tertiary/aromatic N) is 1. The molecule has 3 aromatic carbocycles. The van der Waals surface area contributed by atoms with Gasteiger partial charge in [0.1, 0.15) is 5.75 Å². The summed E-state index contributed by atoms with van der Waals surface area (Å²) < 4.78 is 32.9. The summed E-state index contributed by atoms with van der Waals surface area (Å²) in [7, 11) is -0.818. The number of ether oxygens (including phenoxy) is 1. The number of sulfonamides is 1. The van der Waals surface area contributed by atoms with Gasteiger partial charge in [0.25, 0.3) is 0 Å². The maximum atomic E-state index is 13.2. The fourth-order valence-corrected chi connectivity index (χ4v) is 5.16. The Labute approximate surface area is 204 Å². The molecule has 0 aliphatic rings. The van der Waals surface area contributed by atoms with Crippen molar-refractivity contribution in [2.24, 2.45) is 0 Å². The van der Waals surface area contributed by atoms with Gasteiger partial charge >= 0.3 is 0 Å². The highest BCUT2D eigenvalue weighted by atomic mass is 35.5. The van der Waals surface area contributed by atoms with Crippen LogP contribution in [0.2, 0.25) is 10.0 Å². The Hall–Kier alpha value is -2.58. The van der Waals surface area contributed by atoms with E-state index in [4.69, 9.17) is 27.9 Å². The van der Waals surface area contributed by atoms with E-state index in [1.807, 2.05) is 0 Å². The van der Waals surface area contributed by atoms with Gasteiger partial charge < -0.3 is 10.1 Å². The molecule has 0 unspecified atom stereocenters. The van der Waals surface area contributed by atoms with E-state index in [0.29, 0.717) is 26.9 Å². The van der Waals surface area contributed by atoms with Crippen molar-refractivity contribution >= 4 is 39.1 Å². The van der Waals surface area contributed by atoms with E-state index in [1.165, 1.54) is 23.5 Å². The summed E-state index contributed by atoms with van der Waals surface area (Å²) in [6.07, 6.45) is -0.0832. The van der Waals surface area contributed by atoms with Crippen LogP contribution in [0, 0.1) is 0 Å². The van der Waals surface area contributed by atoms with Crippen molar-refractivity contribution < 1.29 is 17.9 Å². The lowest BCUT2D eigenvalue weighted by atomic mass is 10.0. The summed E-state index contributed by atoms with van der Waals surface area (Å²) in [6.45, 7) is 0.194. The van der Waals surface area contributed by atoms with Gasteiger partial charge in [-0.2, -0.15) is 4.31 Å². The van der Waals surface area contributed by atoms with Crippen molar-refractivity contribution in [2.45, 2.75) is 23.9 Å². The second-order valence-corrected chi connectivity index (χ2v) is 10.2. The first kappa shape index (κ1) is 25.1. The third kappa shape index (κ3) is 6.26. The molecule has 0 aliphatic carbocycles. The van der Waals surface area contributed by atoms with Crippen LogP contribution in [0.5, 0.6) is 5.75 Å². The first-order valence-electron chi connectivity index (χ1n) is 10.1. The third-order valence-corrected chi connectivity index (χ3v) is 7.70. The average molecular weight is 507 g/mol. The summed E-state index contributed by atoms with van der Waals surface area (Å²) in [5.41, 5.74) is 1.37. The summed E-state index contributed by atoms with van der Waals surface area (Å²) in [5, 5.41) is 3.76. The fraction of sp³-hybridized carbons (Fsp3) is 0.208. The highest BCUT2D eigenvalue weighted by Gasteiger charge is 2.30. The molecule has 1 amide bonds. The molecule has 3 aromatic rings. The topological polar surface area (TPSA) is 75.7 Å². The van der Waals surface area contributed by atoms with Gasteiger partial charge in [0, 0.05) is 30.1 Å². The smallest absolute Gasteiger partial charge is 0.243 e. The standard InChI is InChI=1S/C24H24Cl2N2O4S/c1-28(33(30,31)21-6-4-3-5-7-21)23(17-9-12-20(32-2)13-10-17)15-24(29)27-16-18-8-11-19(25)14-22(18)26/h3-14,23H,15-16H2,1-2H3,(H,27,29)/t23-/m1/s1. The van der Waals surface area contributed by atoms with E-state index in [1.54, 1.807) is 67.8 Å². The Balaban J connectivity index is 1.84. The molecule has 0 spiro atoms. The molecule has 0 aliphatic heterocycles. The second-order valence-electron chi connectivity index (χ2n) is 7.34. The minimum Gasteiger partial charge on any atom is -0.497 e. The van der Waals surface area contributed by atoms with E-state index in [9.17, 15) is 13.2 Å². The summed E-state index contributed by atoms with van der Waals surface area (Å²) >= 11 is 12.1. The number of halogens is 2. The lowest BCUT2D eigenvalue weighted by Gasteiger charge is -2.28. The molecular weight excluding hydrogens is 483 g/mol. The number of methoxy groups -OCH3 is 1. The molecule has 1 N–H and O–H groups in total. The Bertz CT molecular complexity index is 1200. The van der Waals surface area contributed by atoms with Gasteiger partial charge in [0.15, 0.2) is 0 Å². The van der Waals surface area contributed by atoms with E-state index in [2.05, 4.69) is 5.32 Å². The first-order valence-corrected chi connectivity index (χ1v) is 12.3. The van der Waals surface area contributed by atoms with Gasteiger partial charge in [-0.15, -0.1) is 0 Å². The molecule has 0 saturated heterocycles. The Morgan fingerprint density at radius 1 is 1.03 bits per heavy atom. The Morgan fingerprint density at radius 3 is 2.30 bits per heavy atom. The van der Waals surface area contributed by atoms with Crippen LogP contribution in [0.15, 0.2) is 77.7 Å². The normalized spacial score (nSPS) is 12.4. The van der Waals surface area contributed by atoms with Gasteiger partial charge in [-0.25, -0.2) is 8.42 Å². The number of rotatable bonds is 9. The van der Waals surface area contributed by atoms with E-state index >= 15 is 0 Å². The predicted molar refractivity (Wildman–Crippen MR) is 130 cm³/mol. The quantitative estimate of drug-likeness (QED) is 0.439. The molecule has 6 nitrogen and oxygen atoms in total. The molecule has 174 valence electrons. The van der Waals surface area contributed by atoms with Crippen molar-refractivity contribution in [3.63, 3.8) is 0 Å². The van der Waals surface area contributed by atoms with Crippen molar-refractivity contribution in [3.8, 4) is 5.75 Å². The third-order valence-electron chi connectivity index (χ3n) is 5.23. The Kier molecular flexibility index (Phi) is 8.37. The zero-order valence-electron chi connectivity index (χ0n) is 18.2. The zero-order valence-corrected chi connectivity index (χ0v) is 20.5. The van der Waals surface area contributed by atoms with Gasteiger partial charge in [-0.3, -0.25) is 4.79 Å². The predicted octanol–water partition coefficient (Wildman–Crippen LogP) is 5.07. The molecule has 33 heavy (non-hydrogen) atoms. The summed E-state index contributed by atoms with van der Waals surface area (Å²) in [6, 6.07) is 19.4. The van der Waals surface area contributed by atoms with Crippen LogP contribution in [-0.2, 0) is 21.4 Å². The van der Waals surface area contributed by atoms with Gasteiger partial charge in [-0.05, 0) is 47.5 Å². The molecule has 0 radical (unpaired) electrons. The maximum Gasteiger partial charge on any atom is 0.243 e. The van der Waals surface area contributed by atoms with Gasteiger partial charge in [-0.1, -0.05) is 59.6 Å². The van der Waals surface area contributed by atoms with Crippen molar-refractivity contribution in [2.75, 3.05) is 14.2 Å². The molecule has 0 saturated carbocycles. The summed E-state index contributed by atoms with van der Waals surface area (Å²) in [4.78, 5) is 13.0.